The summed E-state index contributed by atoms with van der Waals surface area (Å²) in [4.78, 5) is 28.7. The minimum atomic E-state index is -0.505. The van der Waals surface area contributed by atoms with E-state index in [4.69, 9.17) is 17.3 Å². The Bertz CT molecular complexity index is 464. The van der Waals surface area contributed by atoms with Crippen LogP contribution >= 0.6 is 11.6 Å². The van der Waals surface area contributed by atoms with Crippen LogP contribution in [0.25, 0.3) is 0 Å². The summed E-state index contributed by atoms with van der Waals surface area (Å²) in [7, 11) is 0. The molecular weight excluding hydrogens is 242 g/mol. The fraction of sp³-hybridized carbons (Fsp3) is 0.364. The zero-order valence-electron chi connectivity index (χ0n) is 9.10. The summed E-state index contributed by atoms with van der Waals surface area (Å²) >= 11 is 5.72. The van der Waals surface area contributed by atoms with Gasteiger partial charge in [-0.2, -0.15) is 0 Å². The maximum Gasteiger partial charge on any atom is 0.254 e. The maximum atomic E-state index is 12.1. The van der Waals surface area contributed by atoms with Gasteiger partial charge in [0.1, 0.15) is 11.2 Å². The van der Waals surface area contributed by atoms with Crippen LogP contribution in [0.4, 0.5) is 0 Å². The SMILES string of the molecule is NC(=O)C1CCCN1C(=O)c1ccnc(Cl)c1. The van der Waals surface area contributed by atoms with Gasteiger partial charge in [0, 0.05) is 18.3 Å². The van der Waals surface area contributed by atoms with E-state index in [0.717, 1.165) is 6.42 Å². The van der Waals surface area contributed by atoms with Crippen molar-refractivity contribution in [2.24, 2.45) is 5.73 Å². The van der Waals surface area contributed by atoms with Gasteiger partial charge in [-0.3, -0.25) is 9.59 Å². The Hall–Kier alpha value is -1.62. The van der Waals surface area contributed by atoms with Crippen molar-refractivity contribution >= 4 is 23.4 Å². The molecule has 0 aromatic carbocycles. The number of carbonyl (C=O) groups is 2. The summed E-state index contributed by atoms with van der Waals surface area (Å²) in [5.74, 6) is -0.688. The molecule has 1 atom stereocenters. The summed E-state index contributed by atoms with van der Waals surface area (Å²) in [5.41, 5.74) is 5.69. The number of nitrogens with zero attached hydrogens (tertiary/aromatic N) is 2. The zero-order chi connectivity index (χ0) is 12.4. The average Bonchev–Trinajstić information content (AvgIpc) is 2.77. The van der Waals surface area contributed by atoms with Gasteiger partial charge in [-0.15, -0.1) is 0 Å². The van der Waals surface area contributed by atoms with Crippen LogP contribution in [0.5, 0.6) is 0 Å². The number of aromatic nitrogens is 1. The number of pyridine rings is 1. The summed E-state index contributed by atoms with van der Waals surface area (Å²) < 4.78 is 0. The summed E-state index contributed by atoms with van der Waals surface area (Å²) in [6.07, 6.45) is 2.88. The van der Waals surface area contributed by atoms with Gasteiger partial charge in [0.2, 0.25) is 5.91 Å². The standard InChI is InChI=1S/C11H12ClN3O2/c12-9-6-7(3-4-14-9)11(17)15-5-1-2-8(15)10(13)16/h3-4,6,8H,1-2,5H2,(H2,13,16). The highest BCUT2D eigenvalue weighted by atomic mass is 35.5. The topological polar surface area (TPSA) is 76.3 Å². The Labute approximate surface area is 104 Å². The molecule has 0 spiro atoms. The minimum Gasteiger partial charge on any atom is -0.368 e. The van der Waals surface area contributed by atoms with E-state index >= 15 is 0 Å². The molecule has 1 saturated heterocycles. The average molecular weight is 254 g/mol. The van der Waals surface area contributed by atoms with Crippen LogP contribution in [-0.4, -0.2) is 34.3 Å². The van der Waals surface area contributed by atoms with Gasteiger partial charge in [0.15, 0.2) is 0 Å². The van der Waals surface area contributed by atoms with Crippen molar-refractivity contribution in [1.29, 1.82) is 0 Å². The Morgan fingerprint density at radius 1 is 1.53 bits per heavy atom. The molecular formula is C11H12ClN3O2. The predicted octanol–water partition coefficient (Wildman–Crippen LogP) is 0.825. The first-order valence-electron chi connectivity index (χ1n) is 5.31. The number of nitrogens with two attached hydrogens (primary N) is 1. The van der Waals surface area contributed by atoms with E-state index in [0.29, 0.717) is 18.5 Å². The van der Waals surface area contributed by atoms with Crippen LogP contribution in [0.1, 0.15) is 23.2 Å². The van der Waals surface area contributed by atoms with Crippen LogP contribution in [0.15, 0.2) is 18.3 Å². The number of rotatable bonds is 2. The predicted molar refractivity (Wildman–Crippen MR) is 62.5 cm³/mol. The van der Waals surface area contributed by atoms with E-state index in [-0.39, 0.29) is 11.1 Å². The highest BCUT2D eigenvalue weighted by Crippen LogP contribution is 2.20. The molecule has 2 amide bonds. The third-order valence-corrected chi connectivity index (χ3v) is 3.02. The largest absolute Gasteiger partial charge is 0.368 e. The van der Waals surface area contributed by atoms with Crippen molar-refractivity contribution in [3.05, 3.63) is 29.0 Å². The first kappa shape index (κ1) is 11.9. The van der Waals surface area contributed by atoms with Crippen molar-refractivity contribution in [1.82, 2.24) is 9.88 Å². The van der Waals surface area contributed by atoms with E-state index in [9.17, 15) is 9.59 Å². The Balaban J connectivity index is 2.23. The van der Waals surface area contributed by atoms with E-state index in [2.05, 4.69) is 4.98 Å². The molecule has 1 aliphatic heterocycles. The fourth-order valence-corrected chi connectivity index (χ4v) is 2.18. The molecule has 1 unspecified atom stereocenters. The Morgan fingerprint density at radius 2 is 2.29 bits per heavy atom. The monoisotopic (exact) mass is 253 g/mol. The Kier molecular flexibility index (Phi) is 3.28. The molecule has 0 radical (unpaired) electrons. The van der Waals surface area contributed by atoms with Crippen molar-refractivity contribution < 1.29 is 9.59 Å². The summed E-state index contributed by atoms with van der Waals surface area (Å²) in [6.45, 7) is 0.548. The molecule has 0 bridgehead atoms. The number of likely N-dealkylation sites (tertiary alicyclic amines) is 1. The number of carbonyl (C=O) groups excluding carboxylic acids is 2. The van der Waals surface area contributed by atoms with E-state index in [1.807, 2.05) is 0 Å². The number of hydrogen-bond acceptors (Lipinski definition) is 3. The van der Waals surface area contributed by atoms with Crippen molar-refractivity contribution in [2.75, 3.05) is 6.54 Å². The molecule has 1 aromatic heterocycles. The van der Waals surface area contributed by atoms with E-state index < -0.39 is 11.9 Å². The second kappa shape index (κ2) is 4.71. The second-order valence-electron chi connectivity index (χ2n) is 3.93. The first-order chi connectivity index (χ1) is 8.09. The lowest BCUT2D eigenvalue weighted by Gasteiger charge is -2.22. The van der Waals surface area contributed by atoms with Crippen molar-refractivity contribution in [2.45, 2.75) is 18.9 Å². The number of primary amides is 1. The van der Waals surface area contributed by atoms with Gasteiger partial charge in [0.05, 0.1) is 0 Å². The number of halogens is 1. The second-order valence-corrected chi connectivity index (χ2v) is 4.31. The molecule has 0 aliphatic carbocycles. The summed E-state index contributed by atoms with van der Waals surface area (Å²) in [5, 5.41) is 0.255. The molecule has 2 heterocycles. The highest BCUT2D eigenvalue weighted by Gasteiger charge is 2.33. The van der Waals surface area contributed by atoms with E-state index in [1.165, 1.54) is 17.2 Å². The molecule has 6 heteroatoms. The molecule has 2 N–H and O–H groups in total. The van der Waals surface area contributed by atoms with Gasteiger partial charge >= 0.3 is 0 Å². The minimum absolute atomic E-state index is 0.226. The lowest BCUT2D eigenvalue weighted by molar-refractivity contribution is -0.121. The maximum absolute atomic E-state index is 12.1. The number of amides is 2. The van der Waals surface area contributed by atoms with Crippen LogP contribution in [0, 0.1) is 0 Å². The molecule has 17 heavy (non-hydrogen) atoms. The lowest BCUT2D eigenvalue weighted by atomic mass is 10.2. The fourth-order valence-electron chi connectivity index (χ4n) is 2.01. The Morgan fingerprint density at radius 3 is 2.94 bits per heavy atom. The van der Waals surface area contributed by atoms with E-state index in [1.54, 1.807) is 6.07 Å². The van der Waals surface area contributed by atoms with Crippen molar-refractivity contribution in [3.63, 3.8) is 0 Å². The third-order valence-electron chi connectivity index (χ3n) is 2.82. The molecule has 90 valence electrons. The molecule has 1 fully saturated rings. The third kappa shape index (κ3) is 2.39. The smallest absolute Gasteiger partial charge is 0.254 e. The van der Waals surface area contributed by atoms with Crippen molar-refractivity contribution in [3.8, 4) is 0 Å². The first-order valence-corrected chi connectivity index (χ1v) is 5.69. The summed E-state index contributed by atoms with van der Waals surface area (Å²) in [6, 6.07) is 2.56. The van der Waals surface area contributed by atoms with Gasteiger partial charge in [-0.25, -0.2) is 4.98 Å². The highest BCUT2D eigenvalue weighted by molar-refractivity contribution is 6.29. The molecule has 1 aliphatic rings. The van der Waals surface area contributed by atoms with Crippen LogP contribution in [0.2, 0.25) is 5.15 Å². The van der Waals surface area contributed by atoms with Gasteiger partial charge in [-0.1, -0.05) is 11.6 Å². The molecule has 1 aromatic rings. The molecule has 5 nitrogen and oxygen atoms in total. The van der Waals surface area contributed by atoms with Gasteiger partial charge in [0.25, 0.3) is 5.91 Å². The molecule has 2 rings (SSSR count). The lowest BCUT2D eigenvalue weighted by Crippen LogP contribution is -2.43. The quantitative estimate of drug-likeness (QED) is 0.793. The number of hydrogen-bond donors (Lipinski definition) is 1. The molecule has 0 saturated carbocycles. The van der Waals surface area contributed by atoms with Crippen LogP contribution in [-0.2, 0) is 4.79 Å². The normalized spacial score (nSPS) is 19.4. The van der Waals surface area contributed by atoms with Gasteiger partial charge < -0.3 is 10.6 Å². The van der Waals surface area contributed by atoms with Crippen LogP contribution < -0.4 is 5.73 Å². The van der Waals surface area contributed by atoms with Gasteiger partial charge in [-0.05, 0) is 25.0 Å². The zero-order valence-corrected chi connectivity index (χ0v) is 9.85. The van der Waals surface area contributed by atoms with Crippen LogP contribution in [0.3, 0.4) is 0 Å².